The summed E-state index contributed by atoms with van der Waals surface area (Å²) in [5.41, 5.74) is 8.26. The van der Waals surface area contributed by atoms with E-state index in [9.17, 15) is 0 Å². The van der Waals surface area contributed by atoms with E-state index < -0.39 is 0 Å². The molecule has 0 bridgehead atoms. The number of halogens is 1. The molecule has 0 saturated heterocycles. The molecular formula is C13H10ClN3. The van der Waals surface area contributed by atoms with Gasteiger partial charge >= 0.3 is 0 Å². The Hall–Kier alpha value is -2.00. The van der Waals surface area contributed by atoms with Crippen molar-refractivity contribution in [2.45, 2.75) is 0 Å². The summed E-state index contributed by atoms with van der Waals surface area (Å²) in [6, 6.07) is 13.3. The van der Waals surface area contributed by atoms with Crippen LogP contribution in [0, 0.1) is 0 Å². The van der Waals surface area contributed by atoms with Crippen molar-refractivity contribution >= 4 is 28.2 Å². The Labute approximate surface area is 103 Å². The first-order chi connectivity index (χ1) is 8.25. The molecule has 0 saturated carbocycles. The quantitative estimate of drug-likeness (QED) is 0.667. The van der Waals surface area contributed by atoms with E-state index >= 15 is 0 Å². The predicted octanol–water partition coefficient (Wildman–Crippen LogP) is 3.26. The summed E-state index contributed by atoms with van der Waals surface area (Å²) in [6.07, 6.45) is 1.81. The number of rotatable bonds is 1. The zero-order chi connectivity index (χ0) is 11.8. The third kappa shape index (κ3) is 1.65. The van der Waals surface area contributed by atoms with Crippen molar-refractivity contribution in [3.63, 3.8) is 0 Å². The molecule has 0 aliphatic heterocycles. The number of hydrogen-bond donors (Lipinski definition) is 1. The number of hydrogen-bond acceptors (Lipinski definition) is 2. The Bertz CT molecular complexity index is 688. The van der Waals surface area contributed by atoms with E-state index in [0.717, 1.165) is 16.6 Å². The molecule has 4 heteroatoms. The zero-order valence-corrected chi connectivity index (χ0v) is 9.72. The molecule has 3 aromatic rings. The van der Waals surface area contributed by atoms with E-state index in [2.05, 4.69) is 5.10 Å². The fourth-order valence-electron chi connectivity index (χ4n) is 1.86. The molecule has 2 N–H and O–H groups in total. The first-order valence-electron chi connectivity index (χ1n) is 5.24. The van der Waals surface area contributed by atoms with E-state index in [1.807, 2.05) is 36.5 Å². The summed E-state index contributed by atoms with van der Waals surface area (Å²) in [7, 11) is 0. The fourth-order valence-corrected chi connectivity index (χ4v) is 2.05. The maximum atomic E-state index is 6.17. The van der Waals surface area contributed by atoms with E-state index in [0.29, 0.717) is 10.7 Å². The van der Waals surface area contributed by atoms with Crippen molar-refractivity contribution < 1.29 is 0 Å². The third-order valence-corrected chi connectivity index (χ3v) is 3.00. The number of fused-ring (bicyclic) bond motifs is 1. The Morgan fingerprint density at radius 2 is 1.94 bits per heavy atom. The lowest BCUT2D eigenvalue weighted by atomic mass is 10.2. The van der Waals surface area contributed by atoms with Crippen LogP contribution in [0.25, 0.3) is 16.6 Å². The number of nitrogens with zero attached hydrogens (tertiary/aromatic N) is 2. The molecule has 3 nitrogen and oxygen atoms in total. The number of benzene rings is 2. The molecule has 17 heavy (non-hydrogen) atoms. The molecule has 1 heterocycles. The van der Waals surface area contributed by atoms with Crippen molar-refractivity contribution in [2.75, 3.05) is 5.73 Å². The van der Waals surface area contributed by atoms with Crippen molar-refractivity contribution in [3.8, 4) is 5.69 Å². The van der Waals surface area contributed by atoms with Gasteiger partial charge in [0.1, 0.15) is 0 Å². The number of nitrogens with two attached hydrogens (primary N) is 1. The van der Waals surface area contributed by atoms with Crippen LogP contribution in [0.15, 0.2) is 48.7 Å². The van der Waals surface area contributed by atoms with Gasteiger partial charge in [-0.2, -0.15) is 5.10 Å². The molecule has 1 aromatic heterocycles. The van der Waals surface area contributed by atoms with Crippen LogP contribution in [0.4, 0.5) is 5.69 Å². The highest BCUT2D eigenvalue weighted by molar-refractivity contribution is 6.32. The lowest BCUT2D eigenvalue weighted by molar-refractivity contribution is 0.911. The largest absolute Gasteiger partial charge is 0.399 e. The summed E-state index contributed by atoms with van der Waals surface area (Å²) < 4.78 is 1.80. The molecule has 0 amide bonds. The summed E-state index contributed by atoms with van der Waals surface area (Å²) in [6.45, 7) is 0. The first kappa shape index (κ1) is 10.2. The highest BCUT2D eigenvalue weighted by atomic mass is 35.5. The monoisotopic (exact) mass is 243 g/mol. The Kier molecular flexibility index (Phi) is 2.27. The molecular weight excluding hydrogens is 234 g/mol. The highest BCUT2D eigenvalue weighted by Gasteiger charge is 2.07. The van der Waals surface area contributed by atoms with E-state index in [1.165, 1.54) is 0 Å². The summed E-state index contributed by atoms with van der Waals surface area (Å²) >= 11 is 6.17. The molecule has 0 radical (unpaired) electrons. The highest BCUT2D eigenvalue weighted by Crippen LogP contribution is 2.25. The zero-order valence-electron chi connectivity index (χ0n) is 8.97. The van der Waals surface area contributed by atoms with Crippen molar-refractivity contribution in [2.24, 2.45) is 0 Å². The normalized spacial score (nSPS) is 10.9. The molecule has 84 valence electrons. The molecule has 0 unspecified atom stereocenters. The molecule has 0 fully saturated rings. The van der Waals surface area contributed by atoms with Crippen LogP contribution < -0.4 is 5.73 Å². The number of aromatic nitrogens is 2. The van der Waals surface area contributed by atoms with Gasteiger partial charge in [-0.3, -0.25) is 0 Å². The minimum absolute atomic E-state index is 0.632. The van der Waals surface area contributed by atoms with Gasteiger partial charge in [-0.05, 0) is 24.3 Å². The summed E-state index contributed by atoms with van der Waals surface area (Å²) in [5.74, 6) is 0. The topological polar surface area (TPSA) is 43.8 Å². The lowest BCUT2D eigenvalue weighted by Crippen LogP contribution is -1.98. The van der Waals surface area contributed by atoms with Crippen LogP contribution in [0.5, 0.6) is 0 Å². The molecule has 0 atom stereocenters. The number of para-hydroxylation sites is 1. The molecule has 3 rings (SSSR count). The van der Waals surface area contributed by atoms with Gasteiger partial charge in [0, 0.05) is 11.1 Å². The van der Waals surface area contributed by atoms with Crippen LogP contribution in [0.2, 0.25) is 5.02 Å². The van der Waals surface area contributed by atoms with E-state index in [-0.39, 0.29) is 0 Å². The van der Waals surface area contributed by atoms with Gasteiger partial charge in [0.2, 0.25) is 0 Å². The van der Waals surface area contributed by atoms with Gasteiger partial charge in [-0.1, -0.05) is 29.8 Å². The van der Waals surface area contributed by atoms with Crippen LogP contribution in [0.1, 0.15) is 0 Å². The maximum Gasteiger partial charge on any atom is 0.0859 e. The van der Waals surface area contributed by atoms with Gasteiger partial charge in [-0.15, -0.1) is 0 Å². The predicted molar refractivity (Wildman–Crippen MR) is 70.5 cm³/mol. The lowest BCUT2D eigenvalue weighted by Gasteiger charge is -2.06. The van der Waals surface area contributed by atoms with E-state index in [1.54, 1.807) is 16.8 Å². The van der Waals surface area contributed by atoms with Crippen molar-refractivity contribution in [3.05, 3.63) is 53.7 Å². The van der Waals surface area contributed by atoms with Gasteiger partial charge < -0.3 is 5.73 Å². The fraction of sp³-hybridized carbons (Fsp3) is 0. The third-order valence-electron chi connectivity index (χ3n) is 2.68. The van der Waals surface area contributed by atoms with Crippen LogP contribution in [-0.2, 0) is 0 Å². The van der Waals surface area contributed by atoms with Gasteiger partial charge in [-0.25, -0.2) is 4.68 Å². The molecule has 0 aliphatic carbocycles. The molecule has 2 aromatic carbocycles. The first-order valence-corrected chi connectivity index (χ1v) is 5.62. The van der Waals surface area contributed by atoms with Crippen molar-refractivity contribution in [1.29, 1.82) is 0 Å². The van der Waals surface area contributed by atoms with Gasteiger partial charge in [0.15, 0.2) is 0 Å². The summed E-state index contributed by atoms with van der Waals surface area (Å²) in [5, 5.41) is 6.05. The van der Waals surface area contributed by atoms with Gasteiger partial charge in [0.25, 0.3) is 0 Å². The van der Waals surface area contributed by atoms with Crippen LogP contribution >= 0.6 is 11.6 Å². The minimum Gasteiger partial charge on any atom is -0.399 e. The smallest absolute Gasteiger partial charge is 0.0859 e. The Balaban J connectivity index is 2.31. The summed E-state index contributed by atoms with van der Waals surface area (Å²) in [4.78, 5) is 0. The second-order valence-electron chi connectivity index (χ2n) is 3.83. The second-order valence-corrected chi connectivity index (χ2v) is 4.23. The molecule has 0 aliphatic rings. The van der Waals surface area contributed by atoms with Gasteiger partial charge in [0.05, 0.1) is 22.4 Å². The second kappa shape index (κ2) is 3.79. The van der Waals surface area contributed by atoms with Crippen LogP contribution in [-0.4, -0.2) is 9.78 Å². The van der Waals surface area contributed by atoms with Crippen molar-refractivity contribution in [1.82, 2.24) is 9.78 Å². The Morgan fingerprint density at radius 3 is 2.82 bits per heavy atom. The number of anilines is 1. The Morgan fingerprint density at radius 1 is 1.12 bits per heavy atom. The number of nitrogen functional groups attached to an aromatic ring is 1. The average Bonchev–Trinajstić information content (AvgIpc) is 2.76. The van der Waals surface area contributed by atoms with Crippen LogP contribution in [0.3, 0.4) is 0 Å². The maximum absolute atomic E-state index is 6.17. The molecule has 0 spiro atoms. The standard InChI is InChI=1S/C13H10ClN3/c14-11-6-5-10(15)7-13(11)17-12-4-2-1-3-9(12)8-16-17/h1-8H,15H2. The SMILES string of the molecule is Nc1ccc(Cl)c(-n2ncc3ccccc32)c1. The average molecular weight is 244 g/mol. The minimum atomic E-state index is 0.632. The van der Waals surface area contributed by atoms with E-state index in [4.69, 9.17) is 17.3 Å².